The number of carbonyl (C=O) groups is 2. The highest BCUT2D eigenvalue weighted by atomic mass is 19.1. The Morgan fingerprint density at radius 2 is 1.81 bits per heavy atom. The monoisotopic (exact) mass is 428 g/mol. The van der Waals surface area contributed by atoms with Gasteiger partial charge in [-0.3, -0.25) is 9.78 Å². The first-order chi connectivity index (χ1) is 14.7. The van der Waals surface area contributed by atoms with Crippen LogP contribution in [0.2, 0.25) is 0 Å². The molecule has 7 nitrogen and oxygen atoms in total. The molecule has 8 heteroatoms. The lowest BCUT2D eigenvalue weighted by molar-refractivity contribution is -0.135. The molecule has 0 unspecified atom stereocenters. The van der Waals surface area contributed by atoms with Gasteiger partial charge in [0.1, 0.15) is 11.4 Å². The maximum absolute atomic E-state index is 13.8. The summed E-state index contributed by atoms with van der Waals surface area (Å²) in [5.74, 6) is -0.377. The summed E-state index contributed by atoms with van der Waals surface area (Å²) in [6, 6.07) is 6.51. The number of likely N-dealkylation sites (tertiary alicyclic amines) is 1. The highest BCUT2D eigenvalue weighted by molar-refractivity contribution is 5.91. The van der Waals surface area contributed by atoms with Crippen molar-refractivity contribution in [1.82, 2.24) is 14.8 Å². The summed E-state index contributed by atoms with van der Waals surface area (Å²) < 4.78 is 19.2. The number of benzene rings is 1. The van der Waals surface area contributed by atoms with Gasteiger partial charge in [0.05, 0.1) is 11.4 Å². The first kappa shape index (κ1) is 21.3. The smallest absolute Gasteiger partial charge is 0.410 e. The Hall–Kier alpha value is -2.90. The average molecular weight is 429 g/mol. The molecule has 2 aliphatic heterocycles. The topological polar surface area (TPSA) is 66.0 Å². The normalized spacial score (nSPS) is 19.7. The predicted molar refractivity (Wildman–Crippen MR) is 116 cm³/mol. The largest absolute Gasteiger partial charge is 0.444 e. The second-order valence-corrected chi connectivity index (χ2v) is 9.22. The Balaban J connectivity index is 1.36. The lowest BCUT2D eigenvalue weighted by atomic mass is 10.1. The van der Waals surface area contributed by atoms with Crippen LogP contribution < -0.4 is 4.90 Å². The summed E-state index contributed by atoms with van der Waals surface area (Å²) in [6.45, 7) is 8.99. The van der Waals surface area contributed by atoms with Crippen molar-refractivity contribution in [3.63, 3.8) is 0 Å². The second-order valence-electron chi connectivity index (χ2n) is 9.22. The zero-order valence-electron chi connectivity index (χ0n) is 18.3. The van der Waals surface area contributed by atoms with Crippen LogP contribution in [-0.4, -0.2) is 71.7 Å². The van der Waals surface area contributed by atoms with Crippen LogP contribution in [0, 0.1) is 11.7 Å². The average Bonchev–Trinajstić information content (AvgIpc) is 3.22. The third kappa shape index (κ3) is 4.73. The number of anilines is 1. The molecular formula is C23H29FN4O3. The van der Waals surface area contributed by atoms with E-state index in [0.717, 1.165) is 16.6 Å². The predicted octanol–water partition coefficient (Wildman–Crippen LogP) is 3.28. The minimum absolute atomic E-state index is 0.0938. The summed E-state index contributed by atoms with van der Waals surface area (Å²) in [5, 5.41) is 0.783. The van der Waals surface area contributed by atoms with Gasteiger partial charge in [-0.15, -0.1) is 0 Å². The van der Waals surface area contributed by atoms with Gasteiger partial charge in [-0.05, 0) is 51.5 Å². The number of ether oxygens (including phenoxy) is 1. The molecule has 31 heavy (non-hydrogen) atoms. The standard InChI is InChI=1S/C23H29FN4O3/c1-23(2,3)31-22(30)28-9-7-16(15-28)21(29)27-12-10-26(11-13-27)20-6-8-25-19-5-4-17(24)14-18(19)20/h4-6,8,14,16H,7,9-13,15H2,1-3H3/t16-/m0/s1. The van der Waals surface area contributed by atoms with Gasteiger partial charge in [-0.2, -0.15) is 0 Å². The molecule has 166 valence electrons. The van der Waals surface area contributed by atoms with Gasteiger partial charge in [0.15, 0.2) is 0 Å². The molecule has 2 saturated heterocycles. The maximum Gasteiger partial charge on any atom is 0.410 e. The van der Waals surface area contributed by atoms with E-state index in [0.29, 0.717) is 45.7 Å². The number of pyridine rings is 1. The molecule has 2 fully saturated rings. The lowest BCUT2D eigenvalue weighted by Gasteiger charge is -2.37. The first-order valence-electron chi connectivity index (χ1n) is 10.8. The van der Waals surface area contributed by atoms with E-state index in [1.54, 1.807) is 17.2 Å². The van der Waals surface area contributed by atoms with Crippen LogP contribution in [0.3, 0.4) is 0 Å². The molecule has 2 amide bonds. The van der Waals surface area contributed by atoms with Crippen molar-refractivity contribution < 1.29 is 18.7 Å². The van der Waals surface area contributed by atoms with E-state index in [2.05, 4.69) is 9.88 Å². The fourth-order valence-corrected chi connectivity index (χ4v) is 4.26. The zero-order chi connectivity index (χ0) is 22.2. The van der Waals surface area contributed by atoms with Crippen LogP contribution in [0.5, 0.6) is 0 Å². The van der Waals surface area contributed by atoms with Crippen LogP contribution in [0.1, 0.15) is 27.2 Å². The van der Waals surface area contributed by atoms with Gasteiger partial charge in [0.25, 0.3) is 0 Å². The van der Waals surface area contributed by atoms with Crippen LogP contribution in [-0.2, 0) is 9.53 Å². The lowest BCUT2D eigenvalue weighted by Crippen LogP contribution is -2.51. The van der Waals surface area contributed by atoms with Gasteiger partial charge >= 0.3 is 6.09 Å². The van der Waals surface area contributed by atoms with Gasteiger partial charge in [-0.1, -0.05) is 0 Å². The first-order valence-corrected chi connectivity index (χ1v) is 10.8. The Morgan fingerprint density at radius 3 is 2.52 bits per heavy atom. The highest BCUT2D eigenvalue weighted by Crippen LogP contribution is 2.28. The Labute approximate surface area is 181 Å². The van der Waals surface area contributed by atoms with Gasteiger partial charge < -0.3 is 19.4 Å². The van der Waals surface area contributed by atoms with E-state index in [1.807, 2.05) is 31.7 Å². The quantitative estimate of drug-likeness (QED) is 0.735. The van der Waals surface area contributed by atoms with Crippen molar-refractivity contribution in [2.75, 3.05) is 44.2 Å². The van der Waals surface area contributed by atoms with Gasteiger partial charge in [-0.25, -0.2) is 9.18 Å². The molecular weight excluding hydrogens is 399 g/mol. The molecule has 0 spiro atoms. The number of carbonyl (C=O) groups excluding carboxylic acids is 2. The molecule has 1 aromatic heterocycles. The van der Waals surface area contributed by atoms with Gasteiger partial charge in [0, 0.05) is 56.5 Å². The molecule has 2 aliphatic rings. The summed E-state index contributed by atoms with van der Waals surface area (Å²) in [6.07, 6.45) is 2.04. The molecule has 2 aromatic rings. The van der Waals surface area contributed by atoms with Crippen molar-refractivity contribution in [1.29, 1.82) is 0 Å². The maximum atomic E-state index is 13.8. The number of fused-ring (bicyclic) bond motifs is 1. The molecule has 0 N–H and O–H groups in total. The van der Waals surface area contributed by atoms with Crippen molar-refractivity contribution in [2.45, 2.75) is 32.8 Å². The van der Waals surface area contributed by atoms with Crippen LogP contribution in [0.15, 0.2) is 30.5 Å². The number of hydrogen-bond acceptors (Lipinski definition) is 5. The Kier molecular flexibility index (Phi) is 5.73. The fraction of sp³-hybridized carbons (Fsp3) is 0.522. The number of rotatable bonds is 2. The van der Waals surface area contributed by atoms with Crippen molar-refractivity contribution >= 4 is 28.6 Å². The van der Waals surface area contributed by atoms with Crippen LogP contribution in [0.25, 0.3) is 10.9 Å². The van der Waals surface area contributed by atoms with Gasteiger partial charge in [0.2, 0.25) is 5.91 Å². The third-order valence-electron chi connectivity index (χ3n) is 5.80. The summed E-state index contributed by atoms with van der Waals surface area (Å²) in [7, 11) is 0. The summed E-state index contributed by atoms with van der Waals surface area (Å²) in [5.41, 5.74) is 1.15. The van der Waals surface area contributed by atoms with E-state index in [9.17, 15) is 14.0 Å². The molecule has 3 heterocycles. The number of aromatic nitrogens is 1. The minimum Gasteiger partial charge on any atom is -0.444 e. The second kappa shape index (κ2) is 8.32. The SMILES string of the molecule is CC(C)(C)OC(=O)N1CC[C@H](C(=O)N2CCN(c3ccnc4ccc(F)cc34)CC2)C1. The van der Waals surface area contributed by atoms with E-state index >= 15 is 0 Å². The summed E-state index contributed by atoms with van der Waals surface area (Å²) >= 11 is 0. The van der Waals surface area contributed by atoms with Crippen LogP contribution in [0.4, 0.5) is 14.9 Å². The highest BCUT2D eigenvalue weighted by Gasteiger charge is 2.36. The molecule has 0 bridgehead atoms. The van der Waals surface area contributed by atoms with E-state index in [4.69, 9.17) is 4.74 Å². The number of nitrogens with zero attached hydrogens (tertiary/aromatic N) is 4. The number of amides is 2. The zero-order valence-corrected chi connectivity index (χ0v) is 18.3. The summed E-state index contributed by atoms with van der Waals surface area (Å²) in [4.78, 5) is 35.3. The van der Waals surface area contributed by atoms with Crippen molar-refractivity contribution in [3.05, 3.63) is 36.3 Å². The molecule has 0 saturated carbocycles. The number of halogens is 1. The van der Waals surface area contributed by atoms with E-state index in [1.165, 1.54) is 12.1 Å². The number of piperazine rings is 1. The third-order valence-corrected chi connectivity index (χ3v) is 5.80. The molecule has 0 radical (unpaired) electrons. The van der Waals surface area contributed by atoms with E-state index < -0.39 is 5.60 Å². The molecule has 1 aromatic carbocycles. The van der Waals surface area contributed by atoms with E-state index in [-0.39, 0.29) is 23.7 Å². The Bertz CT molecular complexity index is 982. The van der Waals surface area contributed by atoms with Crippen LogP contribution >= 0.6 is 0 Å². The minimum atomic E-state index is -0.546. The molecule has 1 atom stereocenters. The molecule has 0 aliphatic carbocycles. The Morgan fingerprint density at radius 1 is 1.06 bits per heavy atom. The fourth-order valence-electron chi connectivity index (χ4n) is 4.26. The van der Waals surface area contributed by atoms with Crippen molar-refractivity contribution in [2.24, 2.45) is 5.92 Å². The number of hydrogen-bond donors (Lipinski definition) is 0. The van der Waals surface area contributed by atoms with Crippen molar-refractivity contribution in [3.8, 4) is 0 Å². The molecule has 4 rings (SSSR count).